The van der Waals surface area contributed by atoms with Crippen molar-refractivity contribution in [3.05, 3.63) is 50.9 Å². The van der Waals surface area contributed by atoms with E-state index in [1.165, 1.54) is 18.4 Å². The third kappa shape index (κ3) is 5.83. The highest BCUT2D eigenvalue weighted by Gasteiger charge is 2.25. The first-order valence-electron chi connectivity index (χ1n) is 7.94. The van der Waals surface area contributed by atoms with Gasteiger partial charge in [0.25, 0.3) is 0 Å². The fraction of sp³-hybridized carbons (Fsp3) is 0.389. The molecule has 2 rings (SSSR count). The quantitative estimate of drug-likeness (QED) is 0.749. The molecule has 2 aromatic rings. The van der Waals surface area contributed by atoms with Crippen molar-refractivity contribution in [2.24, 2.45) is 5.92 Å². The number of amides is 1. The fourth-order valence-corrected chi connectivity index (χ4v) is 3.39. The van der Waals surface area contributed by atoms with E-state index in [4.69, 9.17) is 16.3 Å². The summed E-state index contributed by atoms with van der Waals surface area (Å²) in [6, 6.07) is 6.97. The molecule has 1 N–H and O–H groups in total. The van der Waals surface area contributed by atoms with Gasteiger partial charge in [-0.2, -0.15) is 0 Å². The number of ether oxygens (including phenoxy) is 1. The second-order valence-corrected chi connectivity index (χ2v) is 7.41. The van der Waals surface area contributed by atoms with E-state index < -0.39 is 12.0 Å². The molecule has 0 saturated carbocycles. The van der Waals surface area contributed by atoms with Gasteiger partial charge >= 0.3 is 5.97 Å². The SMILES string of the molecule is COC(=O)[C@@H](NC(=O)Cc1csc(Cc2cccc(Cl)c2)n1)C(C)C. The van der Waals surface area contributed by atoms with Crippen LogP contribution in [0.5, 0.6) is 0 Å². The summed E-state index contributed by atoms with van der Waals surface area (Å²) in [6.07, 6.45) is 0.801. The number of aromatic nitrogens is 1. The predicted molar refractivity (Wildman–Crippen MR) is 98.9 cm³/mol. The van der Waals surface area contributed by atoms with E-state index in [1.54, 1.807) is 0 Å². The molecule has 1 atom stereocenters. The average molecular weight is 381 g/mol. The fourth-order valence-electron chi connectivity index (χ4n) is 2.35. The van der Waals surface area contributed by atoms with Crippen LogP contribution in [0.25, 0.3) is 0 Å². The van der Waals surface area contributed by atoms with Gasteiger partial charge in [-0.15, -0.1) is 11.3 Å². The number of hydrogen-bond acceptors (Lipinski definition) is 5. The van der Waals surface area contributed by atoms with Crippen molar-refractivity contribution in [3.8, 4) is 0 Å². The third-order valence-corrected chi connectivity index (χ3v) is 4.76. The maximum atomic E-state index is 12.2. The van der Waals surface area contributed by atoms with Gasteiger partial charge in [0.15, 0.2) is 0 Å². The number of rotatable bonds is 7. The highest BCUT2D eigenvalue weighted by Crippen LogP contribution is 2.18. The van der Waals surface area contributed by atoms with Crippen molar-refractivity contribution in [1.82, 2.24) is 10.3 Å². The Labute approximate surface area is 156 Å². The van der Waals surface area contributed by atoms with Crippen molar-refractivity contribution < 1.29 is 14.3 Å². The molecule has 1 amide bonds. The van der Waals surface area contributed by atoms with E-state index in [0.29, 0.717) is 17.1 Å². The molecule has 0 saturated heterocycles. The lowest BCUT2D eigenvalue weighted by atomic mass is 10.0. The normalized spacial score (nSPS) is 12.0. The summed E-state index contributed by atoms with van der Waals surface area (Å²) in [6.45, 7) is 3.71. The van der Waals surface area contributed by atoms with Crippen LogP contribution in [0.2, 0.25) is 5.02 Å². The van der Waals surface area contributed by atoms with Crippen LogP contribution in [-0.2, 0) is 27.2 Å². The molecular weight excluding hydrogens is 360 g/mol. The van der Waals surface area contributed by atoms with Gasteiger partial charge < -0.3 is 10.1 Å². The molecular formula is C18H21ClN2O3S. The zero-order valence-electron chi connectivity index (χ0n) is 14.4. The topological polar surface area (TPSA) is 68.3 Å². The predicted octanol–water partition coefficient (Wildman–Crippen LogP) is 3.24. The van der Waals surface area contributed by atoms with Crippen molar-refractivity contribution in [3.63, 3.8) is 0 Å². The second kappa shape index (κ2) is 8.97. The van der Waals surface area contributed by atoms with Crippen LogP contribution in [-0.4, -0.2) is 30.0 Å². The van der Waals surface area contributed by atoms with Gasteiger partial charge in [0.2, 0.25) is 5.91 Å². The number of thiazole rings is 1. The smallest absolute Gasteiger partial charge is 0.328 e. The number of nitrogens with one attached hydrogen (secondary N) is 1. The Morgan fingerprint density at radius 2 is 2.12 bits per heavy atom. The average Bonchev–Trinajstić information content (AvgIpc) is 2.98. The lowest BCUT2D eigenvalue weighted by Crippen LogP contribution is -2.45. The van der Waals surface area contributed by atoms with Gasteiger partial charge in [0.05, 0.1) is 24.2 Å². The van der Waals surface area contributed by atoms with Crippen LogP contribution in [0.3, 0.4) is 0 Å². The van der Waals surface area contributed by atoms with E-state index in [0.717, 1.165) is 10.6 Å². The van der Waals surface area contributed by atoms with Crippen molar-refractivity contribution in [2.45, 2.75) is 32.7 Å². The van der Waals surface area contributed by atoms with Gasteiger partial charge in [-0.05, 0) is 23.6 Å². The van der Waals surface area contributed by atoms with Gasteiger partial charge in [0.1, 0.15) is 6.04 Å². The molecule has 134 valence electrons. The maximum absolute atomic E-state index is 12.2. The van der Waals surface area contributed by atoms with Crippen molar-refractivity contribution >= 4 is 34.8 Å². The van der Waals surface area contributed by atoms with Gasteiger partial charge in [0, 0.05) is 16.8 Å². The van der Waals surface area contributed by atoms with E-state index in [1.807, 2.05) is 43.5 Å². The van der Waals surface area contributed by atoms with Gasteiger partial charge in [-0.3, -0.25) is 4.79 Å². The number of esters is 1. The zero-order chi connectivity index (χ0) is 18.4. The molecule has 0 spiro atoms. The van der Waals surface area contributed by atoms with E-state index in [9.17, 15) is 9.59 Å². The van der Waals surface area contributed by atoms with Crippen LogP contribution < -0.4 is 5.32 Å². The minimum Gasteiger partial charge on any atom is -0.467 e. The van der Waals surface area contributed by atoms with Crippen LogP contribution in [0.15, 0.2) is 29.6 Å². The minimum atomic E-state index is -0.651. The van der Waals surface area contributed by atoms with E-state index in [-0.39, 0.29) is 18.2 Å². The van der Waals surface area contributed by atoms with E-state index >= 15 is 0 Å². The lowest BCUT2D eigenvalue weighted by molar-refractivity contribution is -0.146. The van der Waals surface area contributed by atoms with Gasteiger partial charge in [-0.1, -0.05) is 37.6 Å². The number of hydrogen-bond donors (Lipinski definition) is 1. The number of halogens is 1. The molecule has 1 heterocycles. The van der Waals surface area contributed by atoms with E-state index in [2.05, 4.69) is 10.3 Å². The summed E-state index contributed by atoms with van der Waals surface area (Å²) < 4.78 is 4.73. The molecule has 25 heavy (non-hydrogen) atoms. The zero-order valence-corrected chi connectivity index (χ0v) is 16.0. The third-order valence-electron chi connectivity index (χ3n) is 3.62. The first-order valence-corrected chi connectivity index (χ1v) is 9.19. The molecule has 0 radical (unpaired) electrons. The molecule has 0 aliphatic rings. The number of carbonyl (C=O) groups excluding carboxylic acids is 2. The number of methoxy groups -OCH3 is 1. The second-order valence-electron chi connectivity index (χ2n) is 6.03. The molecule has 0 aliphatic carbocycles. The summed E-state index contributed by atoms with van der Waals surface area (Å²) in [4.78, 5) is 28.4. The lowest BCUT2D eigenvalue weighted by Gasteiger charge is -2.19. The monoisotopic (exact) mass is 380 g/mol. The Balaban J connectivity index is 1.96. The summed E-state index contributed by atoms with van der Waals surface area (Å²) in [5.41, 5.74) is 1.76. The Morgan fingerprint density at radius 3 is 2.76 bits per heavy atom. The Hall–Kier alpha value is -1.92. The number of nitrogens with zero attached hydrogens (tertiary/aromatic N) is 1. The molecule has 0 unspecified atom stereocenters. The molecule has 5 nitrogen and oxygen atoms in total. The molecule has 0 aliphatic heterocycles. The molecule has 0 bridgehead atoms. The Morgan fingerprint density at radius 1 is 1.36 bits per heavy atom. The Bertz CT molecular complexity index is 745. The summed E-state index contributed by atoms with van der Waals surface area (Å²) >= 11 is 7.49. The highest BCUT2D eigenvalue weighted by molar-refractivity contribution is 7.09. The van der Waals surface area contributed by atoms with Crippen LogP contribution in [0.4, 0.5) is 0 Å². The van der Waals surface area contributed by atoms with Crippen molar-refractivity contribution in [1.29, 1.82) is 0 Å². The number of benzene rings is 1. The standard InChI is InChI=1S/C18H21ClN2O3S/c1-11(2)17(18(23)24-3)21-15(22)9-14-10-25-16(20-14)8-12-5-4-6-13(19)7-12/h4-7,10-11,17H,8-9H2,1-3H3,(H,21,22)/t17-/m0/s1. The minimum absolute atomic E-state index is 0.0507. The maximum Gasteiger partial charge on any atom is 0.328 e. The van der Waals surface area contributed by atoms with Gasteiger partial charge in [-0.25, -0.2) is 9.78 Å². The first kappa shape index (κ1) is 19.4. The summed E-state index contributed by atoms with van der Waals surface area (Å²) in [5, 5.41) is 6.18. The summed E-state index contributed by atoms with van der Waals surface area (Å²) in [5.74, 6) is -0.739. The van der Waals surface area contributed by atoms with Crippen molar-refractivity contribution in [2.75, 3.05) is 7.11 Å². The molecule has 7 heteroatoms. The largest absolute Gasteiger partial charge is 0.467 e. The first-order chi connectivity index (χ1) is 11.9. The van der Waals surface area contributed by atoms with Crippen LogP contribution in [0.1, 0.15) is 30.1 Å². The summed E-state index contributed by atoms with van der Waals surface area (Å²) in [7, 11) is 1.31. The molecule has 0 fully saturated rings. The molecule has 1 aromatic carbocycles. The molecule has 1 aromatic heterocycles. The number of carbonyl (C=O) groups is 2. The van der Waals surface area contributed by atoms with Crippen LogP contribution in [0, 0.1) is 5.92 Å². The van der Waals surface area contributed by atoms with Crippen LogP contribution >= 0.6 is 22.9 Å². The Kier molecular flexibility index (Phi) is 6.96. The highest BCUT2D eigenvalue weighted by atomic mass is 35.5.